The number of aliphatic carboxylic acids is 1. The third kappa shape index (κ3) is 3.19. The van der Waals surface area contributed by atoms with E-state index in [1.54, 1.807) is 0 Å². The maximum absolute atomic E-state index is 12.4. The normalized spacial score (nSPS) is 23.4. The number of alkyl halides is 2. The Bertz CT molecular complexity index is 202. The first-order valence-electron chi connectivity index (χ1n) is 4.39. The van der Waals surface area contributed by atoms with E-state index in [9.17, 15) is 13.6 Å². The van der Waals surface area contributed by atoms with Gasteiger partial charge in [0.25, 0.3) is 0 Å². The molecule has 14 heavy (non-hydrogen) atoms. The first-order chi connectivity index (χ1) is 6.52. The van der Waals surface area contributed by atoms with Crippen molar-refractivity contribution in [2.75, 3.05) is 13.2 Å². The highest BCUT2D eigenvalue weighted by Gasteiger charge is 2.41. The zero-order valence-electron chi connectivity index (χ0n) is 7.54. The molecule has 0 saturated carbocycles. The maximum atomic E-state index is 12.4. The van der Waals surface area contributed by atoms with Crippen LogP contribution in [-0.4, -0.2) is 36.5 Å². The third-order valence-electron chi connectivity index (χ3n) is 1.97. The second-order valence-electron chi connectivity index (χ2n) is 3.12. The van der Waals surface area contributed by atoms with Crippen LogP contribution in [0.2, 0.25) is 0 Å². The minimum atomic E-state index is -4.11. The Morgan fingerprint density at radius 1 is 1.57 bits per heavy atom. The molecule has 0 radical (unpaired) electrons. The highest BCUT2D eigenvalue weighted by molar-refractivity contribution is 5.73. The van der Waals surface area contributed by atoms with E-state index >= 15 is 0 Å². The van der Waals surface area contributed by atoms with Crippen LogP contribution >= 0.6 is 0 Å². The largest absolute Gasteiger partial charge is 0.475 e. The number of hydrogen-bond acceptors (Lipinski definition) is 3. The smallest absolute Gasteiger partial charge is 0.456 e. The summed E-state index contributed by atoms with van der Waals surface area (Å²) in [5.41, 5.74) is 0. The molecule has 1 fully saturated rings. The summed E-state index contributed by atoms with van der Waals surface area (Å²) in [6.45, 7) is 0.145. The Labute approximate surface area is 79.8 Å². The second kappa shape index (κ2) is 4.65. The molecule has 0 spiro atoms. The van der Waals surface area contributed by atoms with E-state index in [-0.39, 0.29) is 6.61 Å². The third-order valence-corrected chi connectivity index (χ3v) is 1.97. The van der Waals surface area contributed by atoms with Crippen molar-refractivity contribution in [2.24, 2.45) is 0 Å². The van der Waals surface area contributed by atoms with Gasteiger partial charge in [-0.15, -0.1) is 0 Å². The molecule has 1 heterocycles. The number of hydrogen-bond donors (Lipinski definition) is 1. The zero-order chi connectivity index (χ0) is 10.6. The van der Waals surface area contributed by atoms with Crippen LogP contribution < -0.4 is 0 Å². The SMILES string of the molecule is O=C(O)C(F)(F)OCC1CCCCO1. The number of ether oxygens (including phenoxy) is 2. The lowest BCUT2D eigenvalue weighted by Crippen LogP contribution is -2.36. The van der Waals surface area contributed by atoms with E-state index in [4.69, 9.17) is 9.84 Å². The number of carbonyl (C=O) groups is 1. The molecule has 1 atom stereocenters. The predicted octanol–water partition coefficient (Wildman–Crippen LogP) is 1.25. The van der Waals surface area contributed by atoms with Crippen LogP contribution in [0, 0.1) is 0 Å². The van der Waals surface area contributed by atoms with E-state index in [1.165, 1.54) is 0 Å². The summed E-state index contributed by atoms with van der Waals surface area (Å²) in [5, 5.41) is 8.05. The molecule has 1 aliphatic rings. The van der Waals surface area contributed by atoms with Crippen molar-refractivity contribution in [1.82, 2.24) is 0 Å². The molecular weight excluding hydrogens is 198 g/mol. The molecule has 0 aliphatic carbocycles. The zero-order valence-corrected chi connectivity index (χ0v) is 7.54. The van der Waals surface area contributed by atoms with Crippen molar-refractivity contribution >= 4 is 5.97 Å². The Hall–Kier alpha value is -0.750. The van der Waals surface area contributed by atoms with Crippen LogP contribution in [0.5, 0.6) is 0 Å². The van der Waals surface area contributed by atoms with Gasteiger partial charge < -0.3 is 14.6 Å². The van der Waals surface area contributed by atoms with Crippen molar-refractivity contribution in [2.45, 2.75) is 31.5 Å². The molecule has 0 amide bonds. The van der Waals surface area contributed by atoms with Gasteiger partial charge in [0.2, 0.25) is 0 Å². The van der Waals surface area contributed by atoms with Crippen LogP contribution in [0.3, 0.4) is 0 Å². The molecular formula is C8H12F2O4. The van der Waals surface area contributed by atoms with Gasteiger partial charge >= 0.3 is 12.1 Å². The van der Waals surface area contributed by atoms with Gasteiger partial charge in [-0.1, -0.05) is 0 Å². The number of halogens is 2. The summed E-state index contributed by atoms with van der Waals surface area (Å²) in [6.07, 6.45) is -2.08. The molecule has 0 aromatic rings. The maximum Gasteiger partial charge on any atom is 0.456 e. The Morgan fingerprint density at radius 3 is 2.79 bits per heavy atom. The van der Waals surface area contributed by atoms with Gasteiger partial charge in [0.15, 0.2) is 0 Å². The highest BCUT2D eigenvalue weighted by atomic mass is 19.3. The van der Waals surface area contributed by atoms with E-state index in [0.29, 0.717) is 13.0 Å². The standard InChI is InChI=1S/C8H12F2O4/c9-8(10,7(11)12)14-5-6-3-1-2-4-13-6/h6H,1-5H2,(H,11,12). The van der Waals surface area contributed by atoms with E-state index in [0.717, 1.165) is 12.8 Å². The number of carboxylic acid groups (broad SMARTS) is 1. The van der Waals surface area contributed by atoms with Crippen molar-refractivity contribution in [1.29, 1.82) is 0 Å². The van der Waals surface area contributed by atoms with Gasteiger partial charge in [0.1, 0.15) is 0 Å². The predicted molar refractivity (Wildman–Crippen MR) is 42.1 cm³/mol. The molecule has 1 saturated heterocycles. The Morgan fingerprint density at radius 2 is 2.29 bits per heavy atom. The fourth-order valence-corrected chi connectivity index (χ4v) is 1.20. The van der Waals surface area contributed by atoms with Crippen molar-refractivity contribution in [3.63, 3.8) is 0 Å². The lowest BCUT2D eigenvalue weighted by molar-refractivity contribution is -0.255. The molecule has 0 bridgehead atoms. The van der Waals surface area contributed by atoms with Crippen molar-refractivity contribution < 1.29 is 28.2 Å². The monoisotopic (exact) mass is 210 g/mol. The average Bonchev–Trinajstić information content (AvgIpc) is 2.16. The van der Waals surface area contributed by atoms with E-state index < -0.39 is 18.2 Å². The van der Waals surface area contributed by atoms with Crippen LogP contribution in [0.25, 0.3) is 0 Å². The molecule has 4 nitrogen and oxygen atoms in total. The van der Waals surface area contributed by atoms with Gasteiger partial charge in [-0.25, -0.2) is 4.79 Å². The molecule has 82 valence electrons. The second-order valence-corrected chi connectivity index (χ2v) is 3.12. The fourth-order valence-electron chi connectivity index (χ4n) is 1.20. The molecule has 0 aromatic carbocycles. The minimum absolute atomic E-state index is 0.376. The van der Waals surface area contributed by atoms with Gasteiger partial charge in [-0.05, 0) is 19.3 Å². The summed E-state index contributed by atoms with van der Waals surface area (Å²) < 4.78 is 33.9. The van der Waals surface area contributed by atoms with E-state index in [2.05, 4.69) is 4.74 Å². The first kappa shape index (κ1) is 11.3. The number of carboxylic acids is 1. The first-order valence-corrected chi connectivity index (χ1v) is 4.39. The summed E-state index contributed by atoms with van der Waals surface area (Å²) in [4.78, 5) is 9.98. The Kier molecular flexibility index (Phi) is 3.77. The minimum Gasteiger partial charge on any atom is -0.475 e. The topological polar surface area (TPSA) is 55.8 Å². The van der Waals surface area contributed by atoms with Gasteiger partial charge in [0, 0.05) is 6.61 Å². The summed E-state index contributed by atoms with van der Waals surface area (Å²) in [5.74, 6) is -2.27. The molecule has 1 aliphatic heterocycles. The molecule has 1 unspecified atom stereocenters. The van der Waals surface area contributed by atoms with Gasteiger partial charge in [0.05, 0.1) is 12.7 Å². The lowest BCUT2D eigenvalue weighted by atomic mass is 10.1. The fraction of sp³-hybridized carbons (Fsp3) is 0.875. The lowest BCUT2D eigenvalue weighted by Gasteiger charge is -2.23. The average molecular weight is 210 g/mol. The van der Waals surface area contributed by atoms with E-state index in [1.807, 2.05) is 0 Å². The Balaban J connectivity index is 2.28. The summed E-state index contributed by atoms with van der Waals surface area (Å²) in [6, 6.07) is 0. The molecule has 1 N–H and O–H groups in total. The summed E-state index contributed by atoms with van der Waals surface area (Å²) >= 11 is 0. The van der Waals surface area contributed by atoms with Gasteiger partial charge in [-0.3, -0.25) is 0 Å². The number of rotatable bonds is 4. The van der Waals surface area contributed by atoms with Crippen LogP contribution in [0.1, 0.15) is 19.3 Å². The molecule has 6 heteroatoms. The van der Waals surface area contributed by atoms with Gasteiger partial charge in [-0.2, -0.15) is 8.78 Å². The van der Waals surface area contributed by atoms with Crippen LogP contribution in [0.4, 0.5) is 8.78 Å². The van der Waals surface area contributed by atoms with Crippen molar-refractivity contribution in [3.05, 3.63) is 0 Å². The summed E-state index contributed by atoms with van der Waals surface area (Å²) in [7, 11) is 0. The molecule has 0 aromatic heterocycles. The highest BCUT2D eigenvalue weighted by Crippen LogP contribution is 2.19. The molecule has 1 rings (SSSR count). The van der Waals surface area contributed by atoms with Crippen molar-refractivity contribution in [3.8, 4) is 0 Å². The quantitative estimate of drug-likeness (QED) is 0.758. The van der Waals surface area contributed by atoms with Crippen LogP contribution in [0.15, 0.2) is 0 Å². The van der Waals surface area contributed by atoms with Crippen LogP contribution in [-0.2, 0) is 14.3 Å².